The van der Waals surface area contributed by atoms with Crippen LogP contribution >= 0.6 is 11.8 Å². The van der Waals surface area contributed by atoms with Crippen LogP contribution in [0.25, 0.3) is 5.82 Å². The highest BCUT2D eigenvalue weighted by Crippen LogP contribution is 2.31. The summed E-state index contributed by atoms with van der Waals surface area (Å²) in [5.41, 5.74) is 2.07. The third kappa shape index (κ3) is 3.27. The zero-order chi connectivity index (χ0) is 15.5. The highest BCUT2D eigenvalue weighted by atomic mass is 32.2. The molecule has 0 spiro atoms. The molecule has 0 aromatic carbocycles. The van der Waals surface area contributed by atoms with Crippen molar-refractivity contribution in [2.75, 3.05) is 11.1 Å². The Labute approximate surface area is 135 Å². The number of thioether (sulfide) groups is 1. The van der Waals surface area contributed by atoms with Gasteiger partial charge >= 0.3 is 0 Å². The smallest absolute Gasteiger partial charge is 0.174 e. The Morgan fingerprint density at radius 1 is 1.32 bits per heavy atom. The van der Waals surface area contributed by atoms with Crippen molar-refractivity contribution < 1.29 is 0 Å². The largest absolute Gasteiger partial charge is 0.365 e. The average molecular weight is 317 g/mol. The van der Waals surface area contributed by atoms with E-state index in [-0.39, 0.29) is 0 Å². The summed E-state index contributed by atoms with van der Waals surface area (Å²) >= 11 is 2.04. The number of aromatic nitrogens is 4. The second kappa shape index (κ2) is 6.69. The SMILES string of the molecule is CCSC1CCCC1Nc1cncc(-n2nc(C)cc2C)n1. The van der Waals surface area contributed by atoms with Crippen LogP contribution < -0.4 is 5.32 Å². The highest BCUT2D eigenvalue weighted by molar-refractivity contribution is 7.99. The molecule has 1 N–H and O–H groups in total. The van der Waals surface area contributed by atoms with Crippen LogP contribution in [0.5, 0.6) is 0 Å². The maximum Gasteiger partial charge on any atom is 0.174 e. The van der Waals surface area contributed by atoms with E-state index in [4.69, 9.17) is 4.98 Å². The third-order valence-corrected chi connectivity index (χ3v) is 5.34. The standard InChI is InChI=1S/C16H23N5S/c1-4-22-14-7-5-6-13(14)18-15-9-17-10-16(19-15)21-12(3)8-11(2)20-21/h8-10,13-14H,4-7H2,1-3H3,(H,18,19). The van der Waals surface area contributed by atoms with Crippen molar-refractivity contribution in [3.63, 3.8) is 0 Å². The molecule has 1 aliphatic rings. The number of nitrogens with one attached hydrogen (secondary N) is 1. The minimum Gasteiger partial charge on any atom is -0.365 e. The topological polar surface area (TPSA) is 55.6 Å². The first-order chi connectivity index (χ1) is 10.7. The molecule has 3 rings (SSSR count). The molecule has 1 aliphatic carbocycles. The van der Waals surface area contributed by atoms with Gasteiger partial charge in [-0.3, -0.25) is 4.98 Å². The van der Waals surface area contributed by atoms with Crippen molar-refractivity contribution >= 4 is 17.6 Å². The maximum atomic E-state index is 4.69. The monoisotopic (exact) mass is 317 g/mol. The Balaban J connectivity index is 1.78. The van der Waals surface area contributed by atoms with E-state index >= 15 is 0 Å². The van der Waals surface area contributed by atoms with Gasteiger partial charge < -0.3 is 5.32 Å². The Bertz CT molecular complexity index is 639. The molecule has 0 amide bonds. The normalized spacial score (nSPS) is 21.2. The Morgan fingerprint density at radius 3 is 2.91 bits per heavy atom. The van der Waals surface area contributed by atoms with E-state index in [2.05, 4.69) is 22.3 Å². The zero-order valence-corrected chi connectivity index (χ0v) is 14.2. The number of nitrogens with zero attached hydrogens (tertiary/aromatic N) is 4. The minimum absolute atomic E-state index is 0.495. The molecule has 2 aromatic rings. The fraction of sp³-hybridized carbons (Fsp3) is 0.562. The number of rotatable bonds is 5. The molecule has 2 aromatic heterocycles. The van der Waals surface area contributed by atoms with E-state index in [0.717, 1.165) is 23.0 Å². The first kappa shape index (κ1) is 15.3. The first-order valence-corrected chi connectivity index (χ1v) is 8.96. The van der Waals surface area contributed by atoms with Crippen LogP contribution in [0.3, 0.4) is 0 Å². The van der Waals surface area contributed by atoms with Crippen molar-refractivity contribution in [1.29, 1.82) is 0 Å². The first-order valence-electron chi connectivity index (χ1n) is 7.91. The summed E-state index contributed by atoms with van der Waals surface area (Å²) in [6, 6.07) is 2.54. The van der Waals surface area contributed by atoms with Gasteiger partial charge in [-0.2, -0.15) is 16.9 Å². The van der Waals surface area contributed by atoms with Gasteiger partial charge in [0, 0.05) is 17.0 Å². The Hall–Kier alpha value is -1.56. The number of hydrogen-bond acceptors (Lipinski definition) is 5. The molecule has 1 fully saturated rings. The molecular formula is C16H23N5S. The lowest BCUT2D eigenvalue weighted by atomic mass is 10.2. The molecule has 2 atom stereocenters. The lowest BCUT2D eigenvalue weighted by Gasteiger charge is -2.20. The maximum absolute atomic E-state index is 4.69. The molecule has 6 heteroatoms. The summed E-state index contributed by atoms with van der Waals surface area (Å²) in [4.78, 5) is 9.02. The quantitative estimate of drug-likeness (QED) is 0.916. The summed E-state index contributed by atoms with van der Waals surface area (Å²) in [7, 11) is 0. The van der Waals surface area contributed by atoms with Gasteiger partial charge in [0.1, 0.15) is 5.82 Å². The van der Waals surface area contributed by atoms with Gasteiger partial charge in [0.2, 0.25) is 0 Å². The zero-order valence-electron chi connectivity index (χ0n) is 13.4. The molecule has 118 valence electrons. The molecule has 2 unspecified atom stereocenters. The van der Waals surface area contributed by atoms with Crippen molar-refractivity contribution in [2.45, 2.75) is 51.3 Å². The van der Waals surface area contributed by atoms with E-state index < -0.39 is 0 Å². The van der Waals surface area contributed by atoms with Crippen LogP contribution in [0.4, 0.5) is 5.82 Å². The van der Waals surface area contributed by atoms with Crippen LogP contribution in [0.1, 0.15) is 37.6 Å². The summed E-state index contributed by atoms with van der Waals surface area (Å²) < 4.78 is 1.85. The van der Waals surface area contributed by atoms with Crippen molar-refractivity contribution in [2.24, 2.45) is 0 Å². The molecule has 0 bridgehead atoms. The number of aryl methyl sites for hydroxylation is 2. The predicted molar refractivity (Wildman–Crippen MR) is 91.8 cm³/mol. The number of anilines is 1. The molecule has 5 nitrogen and oxygen atoms in total. The molecule has 0 aliphatic heterocycles. The predicted octanol–water partition coefficient (Wildman–Crippen LogP) is 3.37. The van der Waals surface area contributed by atoms with E-state index in [1.807, 2.05) is 36.4 Å². The lowest BCUT2D eigenvalue weighted by Crippen LogP contribution is -2.27. The molecule has 22 heavy (non-hydrogen) atoms. The van der Waals surface area contributed by atoms with E-state index in [0.29, 0.717) is 11.3 Å². The van der Waals surface area contributed by atoms with Gasteiger partial charge in [-0.1, -0.05) is 13.3 Å². The van der Waals surface area contributed by atoms with Crippen LogP contribution in [-0.4, -0.2) is 36.8 Å². The summed E-state index contributed by atoms with van der Waals surface area (Å²) in [6.45, 7) is 6.25. The second-order valence-electron chi connectivity index (χ2n) is 5.78. The highest BCUT2D eigenvalue weighted by Gasteiger charge is 2.27. The van der Waals surface area contributed by atoms with Gasteiger partial charge in [0.05, 0.1) is 18.1 Å². The van der Waals surface area contributed by atoms with Gasteiger partial charge in [0.25, 0.3) is 0 Å². The van der Waals surface area contributed by atoms with Gasteiger partial charge in [-0.05, 0) is 38.5 Å². The second-order valence-corrected chi connectivity index (χ2v) is 7.29. The molecule has 0 saturated heterocycles. The van der Waals surface area contributed by atoms with E-state index in [9.17, 15) is 0 Å². The van der Waals surface area contributed by atoms with Crippen LogP contribution in [0, 0.1) is 13.8 Å². The van der Waals surface area contributed by atoms with Crippen LogP contribution in [0.15, 0.2) is 18.5 Å². The van der Waals surface area contributed by atoms with Gasteiger partial charge in [0.15, 0.2) is 5.82 Å². The fourth-order valence-corrected chi connectivity index (χ4v) is 4.28. The average Bonchev–Trinajstić information content (AvgIpc) is 3.06. The molecule has 2 heterocycles. The summed E-state index contributed by atoms with van der Waals surface area (Å²) in [5, 5.41) is 8.74. The van der Waals surface area contributed by atoms with Crippen LogP contribution in [-0.2, 0) is 0 Å². The summed E-state index contributed by atoms with van der Waals surface area (Å²) in [6.07, 6.45) is 7.36. The van der Waals surface area contributed by atoms with E-state index in [1.54, 1.807) is 12.4 Å². The van der Waals surface area contributed by atoms with E-state index in [1.165, 1.54) is 25.0 Å². The molecule has 1 saturated carbocycles. The Morgan fingerprint density at radius 2 is 2.18 bits per heavy atom. The fourth-order valence-electron chi connectivity index (χ4n) is 3.08. The summed E-state index contributed by atoms with van der Waals surface area (Å²) in [5.74, 6) is 2.78. The van der Waals surface area contributed by atoms with Crippen molar-refractivity contribution in [3.05, 3.63) is 29.8 Å². The third-order valence-electron chi connectivity index (χ3n) is 4.02. The van der Waals surface area contributed by atoms with Crippen molar-refractivity contribution in [1.82, 2.24) is 19.7 Å². The number of hydrogen-bond donors (Lipinski definition) is 1. The molecular weight excluding hydrogens is 294 g/mol. The Kier molecular flexibility index (Phi) is 4.66. The minimum atomic E-state index is 0.495. The van der Waals surface area contributed by atoms with Crippen LogP contribution in [0.2, 0.25) is 0 Å². The van der Waals surface area contributed by atoms with Crippen molar-refractivity contribution in [3.8, 4) is 5.82 Å². The molecule has 0 radical (unpaired) electrons. The van der Waals surface area contributed by atoms with Gasteiger partial charge in [-0.15, -0.1) is 0 Å². The van der Waals surface area contributed by atoms with Gasteiger partial charge in [-0.25, -0.2) is 9.67 Å². The lowest BCUT2D eigenvalue weighted by molar-refractivity contribution is 0.753.